The Labute approximate surface area is 107 Å². The largest absolute Gasteiger partial charge is 0.513 e. The molecule has 6 nitrogen and oxygen atoms in total. The standard InChI is InChI=1S/C12H20O6/c1-5-7-11(3,4)16-10(13)17-12(9-15-18-12)14-8-6-2/h6H,2,5,7-9H2,1,3-4H3. The zero-order valence-electron chi connectivity index (χ0n) is 11.1. The van der Waals surface area contributed by atoms with Gasteiger partial charge in [-0.2, -0.15) is 4.89 Å². The molecule has 1 unspecified atom stereocenters. The molecule has 1 rings (SSSR count). The summed E-state index contributed by atoms with van der Waals surface area (Å²) in [7, 11) is 0. The van der Waals surface area contributed by atoms with Gasteiger partial charge in [0.15, 0.2) is 6.61 Å². The Morgan fingerprint density at radius 3 is 2.67 bits per heavy atom. The minimum Gasteiger partial charge on any atom is -0.428 e. The average molecular weight is 260 g/mol. The molecule has 104 valence electrons. The van der Waals surface area contributed by atoms with Gasteiger partial charge in [0, 0.05) is 0 Å². The zero-order valence-corrected chi connectivity index (χ0v) is 11.1. The minimum atomic E-state index is -1.51. The maximum Gasteiger partial charge on any atom is 0.513 e. The highest BCUT2D eigenvalue weighted by atomic mass is 17.3. The van der Waals surface area contributed by atoms with E-state index in [1.165, 1.54) is 6.08 Å². The van der Waals surface area contributed by atoms with Crippen molar-refractivity contribution in [1.29, 1.82) is 0 Å². The molecule has 0 radical (unpaired) electrons. The van der Waals surface area contributed by atoms with Gasteiger partial charge < -0.3 is 14.2 Å². The first kappa shape index (κ1) is 14.9. The summed E-state index contributed by atoms with van der Waals surface area (Å²) in [6.45, 7) is 9.30. The number of hydrogen-bond donors (Lipinski definition) is 0. The van der Waals surface area contributed by atoms with Gasteiger partial charge in [-0.15, -0.1) is 6.58 Å². The van der Waals surface area contributed by atoms with Crippen LogP contribution >= 0.6 is 0 Å². The zero-order chi connectivity index (χ0) is 13.6. The van der Waals surface area contributed by atoms with Crippen LogP contribution in [0.15, 0.2) is 12.7 Å². The number of hydrogen-bond acceptors (Lipinski definition) is 6. The van der Waals surface area contributed by atoms with E-state index in [0.717, 1.165) is 12.8 Å². The summed E-state index contributed by atoms with van der Waals surface area (Å²) in [6, 6.07) is 0. The first-order valence-electron chi connectivity index (χ1n) is 5.90. The van der Waals surface area contributed by atoms with Gasteiger partial charge in [-0.3, -0.25) is 0 Å². The van der Waals surface area contributed by atoms with Gasteiger partial charge in [0.2, 0.25) is 0 Å². The molecule has 0 N–H and O–H groups in total. The summed E-state index contributed by atoms with van der Waals surface area (Å²) in [5, 5.41) is 0. The fraction of sp³-hybridized carbons (Fsp3) is 0.750. The van der Waals surface area contributed by atoms with Crippen molar-refractivity contribution in [3.05, 3.63) is 12.7 Å². The van der Waals surface area contributed by atoms with E-state index in [2.05, 4.69) is 16.4 Å². The van der Waals surface area contributed by atoms with E-state index in [1.54, 1.807) is 0 Å². The molecule has 0 spiro atoms. The summed E-state index contributed by atoms with van der Waals surface area (Å²) >= 11 is 0. The molecule has 0 aromatic carbocycles. The third-order valence-corrected chi connectivity index (χ3v) is 2.29. The van der Waals surface area contributed by atoms with Gasteiger partial charge in [-0.1, -0.05) is 19.4 Å². The van der Waals surface area contributed by atoms with E-state index in [4.69, 9.17) is 14.2 Å². The molecule has 1 fully saturated rings. The fourth-order valence-electron chi connectivity index (χ4n) is 1.51. The summed E-state index contributed by atoms with van der Waals surface area (Å²) in [4.78, 5) is 20.8. The van der Waals surface area contributed by atoms with Crippen molar-refractivity contribution in [2.24, 2.45) is 0 Å². The molecule has 18 heavy (non-hydrogen) atoms. The molecule has 1 aliphatic rings. The van der Waals surface area contributed by atoms with Crippen LogP contribution < -0.4 is 0 Å². The number of rotatable bonds is 7. The summed E-state index contributed by atoms with van der Waals surface area (Å²) in [6.07, 6.45) is 2.30. The van der Waals surface area contributed by atoms with E-state index < -0.39 is 17.7 Å². The number of carbonyl (C=O) groups is 1. The molecule has 1 aliphatic heterocycles. The quantitative estimate of drug-likeness (QED) is 0.303. The van der Waals surface area contributed by atoms with Gasteiger partial charge in [0.1, 0.15) is 5.60 Å². The average Bonchev–Trinajstić information content (AvgIpc) is 2.20. The molecule has 1 heterocycles. The Hall–Kier alpha value is -1.11. The van der Waals surface area contributed by atoms with Gasteiger partial charge in [0.25, 0.3) is 0 Å². The second-order valence-corrected chi connectivity index (χ2v) is 4.59. The SMILES string of the molecule is C=CCOC1(OC(=O)OC(C)(C)CCC)COO1. The lowest BCUT2D eigenvalue weighted by molar-refractivity contribution is -0.596. The predicted molar refractivity (Wildman–Crippen MR) is 62.5 cm³/mol. The topological polar surface area (TPSA) is 63.2 Å². The molecule has 1 atom stereocenters. The van der Waals surface area contributed by atoms with Crippen molar-refractivity contribution in [2.45, 2.75) is 45.2 Å². The molecule has 1 saturated heterocycles. The Balaban J connectivity index is 2.45. The molecule has 0 bridgehead atoms. The fourth-order valence-corrected chi connectivity index (χ4v) is 1.51. The summed E-state index contributed by atoms with van der Waals surface area (Å²) < 4.78 is 15.3. The van der Waals surface area contributed by atoms with Crippen LogP contribution in [-0.4, -0.2) is 30.9 Å². The van der Waals surface area contributed by atoms with Gasteiger partial charge in [0.05, 0.1) is 6.61 Å². The first-order chi connectivity index (χ1) is 8.43. The molecule has 0 aliphatic carbocycles. The van der Waals surface area contributed by atoms with Crippen LogP contribution in [0.1, 0.15) is 33.6 Å². The van der Waals surface area contributed by atoms with E-state index in [0.29, 0.717) is 0 Å². The van der Waals surface area contributed by atoms with E-state index >= 15 is 0 Å². The van der Waals surface area contributed by atoms with Crippen LogP contribution in [0.5, 0.6) is 0 Å². The van der Waals surface area contributed by atoms with Gasteiger partial charge in [-0.25, -0.2) is 9.68 Å². The first-order valence-corrected chi connectivity index (χ1v) is 5.90. The van der Waals surface area contributed by atoms with Crippen molar-refractivity contribution in [3.8, 4) is 0 Å². The van der Waals surface area contributed by atoms with Crippen LogP contribution in [-0.2, 0) is 24.0 Å². The molecule has 0 saturated carbocycles. The highest BCUT2D eigenvalue weighted by Crippen LogP contribution is 2.27. The molecule has 0 aromatic rings. The Bertz CT molecular complexity index is 295. The molecule has 0 aromatic heterocycles. The van der Waals surface area contributed by atoms with Crippen molar-refractivity contribution in [3.63, 3.8) is 0 Å². The second-order valence-electron chi connectivity index (χ2n) is 4.59. The van der Waals surface area contributed by atoms with Gasteiger partial charge >= 0.3 is 12.1 Å². The lowest BCUT2D eigenvalue weighted by atomic mass is 10.0. The lowest BCUT2D eigenvalue weighted by Gasteiger charge is -2.37. The van der Waals surface area contributed by atoms with Crippen LogP contribution in [0.3, 0.4) is 0 Å². The van der Waals surface area contributed by atoms with Crippen LogP contribution in [0, 0.1) is 0 Å². The van der Waals surface area contributed by atoms with Crippen molar-refractivity contribution in [2.75, 3.05) is 13.2 Å². The predicted octanol–water partition coefficient (Wildman–Crippen LogP) is 2.54. The van der Waals surface area contributed by atoms with Crippen LogP contribution in [0.4, 0.5) is 4.79 Å². The third kappa shape index (κ3) is 4.29. The summed E-state index contributed by atoms with van der Waals surface area (Å²) in [5.41, 5.74) is -0.587. The maximum absolute atomic E-state index is 11.6. The third-order valence-electron chi connectivity index (χ3n) is 2.29. The van der Waals surface area contributed by atoms with Crippen molar-refractivity contribution >= 4 is 6.16 Å². The van der Waals surface area contributed by atoms with Crippen LogP contribution in [0.2, 0.25) is 0 Å². The molecular weight excluding hydrogens is 240 g/mol. The van der Waals surface area contributed by atoms with E-state index in [9.17, 15) is 4.79 Å². The Morgan fingerprint density at radius 1 is 1.56 bits per heavy atom. The van der Waals surface area contributed by atoms with E-state index in [-0.39, 0.29) is 13.2 Å². The number of carbonyl (C=O) groups excluding carboxylic acids is 1. The Morgan fingerprint density at radius 2 is 2.22 bits per heavy atom. The monoisotopic (exact) mass is 260 g/mol. The smallest absolute Gasteiger partial charge is 0.428 e. The number of ether oxygens (including phenoxy) is 3. The second kappa shape index (κ2) is 6.17. The van der Waals surface area contributed by atoms with Crippen molar-refractivity contribution in [1.82, 2.24) is 0 Å². The van der Waals surface area contributed by atoms with Gasteiger partial charge in [-0.05, 0) is 20.3 Å². The summed E-state index contributed by atoms with van der Waals surface area (Å²) in [5.74, 6) is -1.51. The molecule has 6 heteroatoms. The maximum atomic E-state index is 11.6. The highest BCUT2D eigenvalue weighted by Gasteiger charge is 2.48. The van der Waals surface area contributed by atoms with E-state index in [1.807, 2.05) is 20.8 Å². The molecule has 0 amide bonds. The van der Waals surface area contributed by atoms with Crippen LogP contribution in [0.25, 0.3) is 0 Å². The minimum absolute atomic E-state index is 0.00411. The Kier molecular flexibility index (Phi) is 5.13. The normalized spacial score (nSPS) is 23.1. The lowest BCUT2D eigenvalue weighted by Crippen LogP contribution is -2.54. The molecular formula is C12H20O6. The highest BCUT2D eigenvalue weighted by molar-refractivity contribution is 5.61. The van der Waals surface area contributed by atoms with Crippen molar-refractivity contribution < 1.29 is 28.8 Å².